The summed E-state index contributed by atoms with van der Waals surface area (Å²) in [6, 6.07) is 1.48. The van der Waals surface area contributed by atoms with Gasteiger partial charge in [-0.25, -0.2) is 13.1 Å². The highest BCUT2D eigenvalue weighted by molar-refractivity contribution is 7.89. The summed E-state index contributed by atoms with van der Waals surface area (Å²) in [7, 11) is -3.57. The normalized spacial score (nSPS) is 20.8. The number of hydrogen-bond donors (Lipinski definition) is 1. The molecule has 0 amide bonds. The highest BCUT2D eigenvalue weighted by Gasteiger charge is 2.24. The molecule has 1 N–H and O–H groups in total. The Hall–Kier alpha value is -0.690. The minimum Gasteiger partial charge on any atom is -0.303 e. The molecule has 2 rings (SSSR count). The summed E-state index contributed by atoms with van der Waals surface area (Å²) in [5.74, 6) is 0.366. The van der Waals surface area contributed by atoms with E-state index in [0.29, 0.717) is 12.5 Å². The fraction of sp³-hybridized carbons (Fsp3) is 0.583. The highest BCUT2D eigenvalue weighted by Crippen LogP contribution is 2.20. The Labute approximate surface area is 119 Å². The first-order valence-electron chi connectivity index (χ1n) is 6.34. The fourth-order valence-corrected chi connectivity index (χ4v) is 3.78. The summed E-state index contributed by atoms with van der Waals surface area (Å²) >= 11 is 5.88. The van der Waals surface area contributed by atoms with Crippen LogP contribution in [0.5, 0.6) is 0 Å². The molecule has 106 valence electrons. The number of sulfonamides is 1. The van der Waals surface area contributed by atoms with Crippen molar-refractivity contribution in [2.75, 3.05) is 26.2 Å². The topological polar surface area (TPSA) is 62.3 Å². The maximum atomic E-state index is 12.1. The van der Waals surface area contributed by atoms with E-state index < -0.39 is 10.0 Å². The standard InChI is InChI=1S/C12H18ClN3O2S/c1-2-16-6-4-10(9-16)7-15-19(17,18)12-8-14-5-3-11(12)13/h3,5,8,10,15H,2,4,6-7,9H2,1H3. The number of rotatable bonds is 5. The van der Waals surface area contributed by atoms with E-state index in [4.69, 9.17) is 11.6 Å². The summed E-state index contributed by atoms with van der Waals surface area (Å²) in [6.45, 7) is 5.56. The number of hydrogen-bond acceptors (Lipinski definition) is 4. The number of likely N-dealkylation sites (tertiary alicyclic amines) is 1. The second kappa shape index (κ2) is 6.17. The molecule has 19 heavy (non-hydrogen) atoms. The summed E-state index contributed by atoms with van der Waals surface area (Å²) in [6.07, 6.45) is 3.77. The van der Waals surface area contributed by atoms with Gasteiger partial charge in [0.05, 0.1) is 5.02 Å². The largest absolute Gasteiger partial charge is 0.303 e. The zero-order chi connectivity index (χ0) is 13.9. The Morgan fingerprint density at radius 2 is 2.37 bits per heavy atom. The van der Waals surface area contributed by atoms with Gasteiger partial charge in [-0.2, -0.15) is 0 Å². The van der Waals surface area contributed by atoms with Crippen molar-refractivity contribution in [3.63, 3.8) is 0 Å². The Kier molecular flexibility index (Phi) is 4.78. The molecule has 0 saturated carbocycles. The monoisotopic (exact) mass is 303 g/mol. The first kappa shape index (κ1) is 14.7. The Morgan fingerprint density at radius 3 is 3.00 bits per heavy atom. The molecule has 0 aromatic carbocycles. The fourth-order valence-electron chi connectivity index (χ4n) is 2.23. The van der Waals surface area contributed by atoms with Crippen molar-refractivity contribution in [1.29, 1.82) is 0 Å². The van der Waals surface area contributed by atoms with Gasteiger partial charge in [-0.3, -0.25) is 4.98 Å². The van der Waals surface area contributed by atoms with Crippen LogP contribution in [0.4, 0.5) is 0 Å². The third-order valence-corrected chi connectivity index (χ3v) is 5.30. The lowest BCUT2D eigenvalue weighted by molar-refractivity contribution is 0.342. The molecule has 1 fully saturated rings. The molecule has 0 spiro atoms. The van der Waals surface area contributed by atoms with Crippen LogP contribution in [0.1, 0.15) is 13.3 Å². The van der Waals surface area contributed by atoms with E-state index in [1.54, 1.807) is 0 Å². The molecule has 1 saturated heterocycles. The molecule has 1 unspecified atom stereocenters. The Balaban J connectivity index is 1.97. The van der Waals surface area contributed by atoms with Gasteiger partial charge in [0, 0.05) is 25.5 Å². The lowest BCUT2D eigenvalue weighted by Crippen LogP contribution is -2.31. The van der Waals surface area contributed by atoms with Gasteiger partial charge in [0.25, 0.3) is 0 Å². The van der Waals surface area contributed by atoms with Crippen LogP contribution in [0.15, 0.2) is 23.4 Å². The number of nitrogens with one attached hydrogen (secondary N) is 1. The van der Waals surface area contributed by atoms with E-state index in [9.17, 15) is 8.42 Å². The maximum absolute atomic E-state index is 12.1. The van der Waals surface area contributed by atoms with Crippen molar-refractivity contribution in [1.82, 2.24) is 14.6 Å². The van der Waals surface area contributed by atoms with Gasteiger partial charge in [0.1, 0.15) is 4.90 Å². The summed E-state index contributed by atoms with van der Waals surface area (Å²) in [5.41, 5.74) is 0. The summed E-state index contributed by atoms with van der Waals surface area (Å²) < 4.78 is 26.8. The molecule has 1 aliphatic heterocycles. The van der Waals surface area contributed by atoms with E-state index >= 15 is 0 Å². The van der Waals surface area contributed by atoms with Crippen LogP contribution in [0.25, 0.3) is 0 Å². The molecule has 1 aromatic heterocycles. The molecule has 5 nitrogen and oxygen atoms in total. The van der Waals surface area contributed by atoms with Gasteiger partial charge in [0.2, 0.25) is 10.0 Å². The molecule has 0 radical (unpaired) electrons. The summed E-state index contributed by atoms with van der Waals surface area (Å²) in [4.78, 5) is 6.16. The smallest absolute Gasteiger partial charge is 0.243 e. The molecule has 0 bridgehead atoms. The van der Waals surface area contributed by atoms with E-state index in [-0.39, 0.29) is 9.92 Å². The van der Waals surface area contributed by atoms with Crippen molar-refractivity contribution in [2.45, 2.75) is 18.2 Å². The van der Waals surface area contributed by atoms with E-state index in [1.807, 2.05) is 0 Å². The average molecular weight is 304 g/mol. The molecule has 1 aromatic rings. The second-order valence-corrected chi connectivity index (χ2v) is 6.85. The highest BCUT2D eigenvalue weighted by atomic mass is 35.5. The number of halogens is 1. The number of nitrogens with zero attached hydrogens (tertiary/aromatic N) is 2. The van der Waals surface area contributed by atoms with Gasteiger partial charge in [-0.05, 0) is 31.5 Å². The van der Waals surface area contributed by atoms with Crippen molar-refractivity contribution in [2.24, 2.45) is 5.92 Å². The van der Waals surface area contributed by atoms with E-state index in [2.05, 4.69) is 21.5 Å². The second-order valence-electron chi connectivity index (χ2n) is 4.71. The Bertz CT molecular complexity index is 536. The average Bonchev–Trinajstić information content (AvgIpc) is 2.85. The molecular weight excluding hydrogens is 286 g/mol. The lowest BCUT2D eigenvalue weighted by atomic mass is 10.1. The van der Waals surface area contributed by atoms with Gasteiger partial charge in [-0.15, -0.1) is 0 Å². The third-order valence-electron chi connectivity index (χ3n) is 3.40. The maximum Gasteiger partial charge on any atom is 0.243 e. The van der Waals surface area contributed by atoms with Crippen LogP contribution in [0, 0.1) is 5.92 Å². The molecular formula is C12H18ClN3O2S. The van der Waals surface area contributed by atoms with Crippen molar-refractivity contribution in [3.8, 4) is 0 Å². The SMILES string of the molecule is CCN1CCC(CNS(=O)(=O)c2cnccc2Cl)C1. The zero-order valence-electron chi connectivity index (χ0n) is 10.8. The summed E-state index contributed by atoms with van der Waals surface area (Å²) in [5, 5.41) is 0.198. The first-order chi connectivity index (χ1) is 9.03. The van der Waals surface area contributed by atoms with Crippen LogP contribution in [-0.2, 0) is 10.0 Å². The molecule has 1 aliphatic rings. The molecule has 1 atom stereocenters. The third kappa shape index (κ3) is 3.66. The predicted molar refractivity (Wildman–Crippen MR) is 74.7 cm³/mol. The van der Waals surface area contributed by atoms with Gasteiger partial charge >= 0.3 is 0 Å². The van der Waals surface area contributed by atoms with E-state index in [0.717, 1.165) is 26.1 Å². The van der Waals surface area contributed by atoms with Crippen LogP contribution >= 0.6 is 11.6 Å². The van der Waals surface area contributed by atoms with Gasteiger partial charge < -0.3 is 4.90 Å². The zero-order valence-corrected chi connectivity index (χ0v) is 12.4. The van der Waals surface area contributed by atoms with Crippen LogP contribution in [-0.4, -0.2) is 44.5 Å². The van der Waals surface area contributed by atoms with Crippen LogP contribution in [0.2, 0.25) is 5.02 Å². The van der Waals surface area contributed by atoms with Crippen molar-refractivity contribution in [3.05, 3.63) is 23.5 Å². The van der Waals surface area contributed by atoms with Gasteiger partial charge in [-0.1, -0.05) is 18.5 Å². The molecule has 2 heterocycles. The predicted octanol–water partition coefficient (Wildman–Crippen LogP) is 1.36. The minimum absolute atomic E-state index is 0.0435. The van der Waals surface area contributed by atoms with Crippen LogP contribution in [0.3, 0.4) is 0 Å². The van der Waals surface area contributed by atoms with Crippen molar-refractivity contribution >= 4 is 21.6 Å². The molecule has 7 heteroatoms. The number of aromatic nitrogens is 1. The lowest BCUT2D eigenvalue weighted by Gasteiger charge is -2.14. The van der Waals surface area contributed by atoms with Crippen LogP contribution < -0.4 is 4.72 Å². The molecule has 0 aliphatic carbocycles. The van der Waals surface area contributed by atoms with Crippen molar-refractivity contribution < 1.29 is 8.42 Å². The first-order valence-corrected chi connectivity index (χ1v) is 8.20. The quantitative estimate of drug-likeness (QED) is 0.892. The van der Waals surface area contributed by atoms with E-state index in [1.165, 1.54) is 18.5 Å². The number of pyridine rings is 1. The minimum atomic E-state index is -3.57. The Morgan fingerprint density at radius 1 is 1.58 bits per heavy atom. The van der Waals surface area contributed by atoms with Gasteiger partial charge in [0.15, 0.2) is 0 Å².